The molecule has 0 aromatic heterocycles. The second-order valence-corrected chi connectivity index (χ2v) is 7.12. The van der Waals surface area contributed by atoms with E-state index >= 15 is 0 Å². The summed E-state index contributed by atoms with van der Waals surface area (Å²) in [6, 6.07) is 6.37. The van der Waals surface area contributed by atoms with Gasteiger partial charge in [0.25, 0.3) is 0 Å². The number of nitrogens with two attached hydrogens (primary N) is 1. The maximum Gasteiger partial charge on any atom is 0.191 e. The number of guanidine groups is 1. The van der Waals surface area contributed by atoms with Crippen LogP contribution in [0.25, 0.3) is 0 Å². The molecule has 0 bridgehead atoms. The van der Waals surface area contributed by atoms with Crippen LogP contribution in [-0.4, -0.2) is 56.9 Å². The summed E-state index contributed by atoms with van der Waals surface area (Å²) >= 11 is 0. The van der Waals surface area contributed by atoms with Crippen LogP contribution >= 0.6 is 24.0 Å². The van der Waals surface area contributed by atoms with Crippen LogP contribution in [0.4, 0.5) is 0 Å². The van der Waals surface area contributed by atoms with Crippen LogP contribution in [0, 0.1) is 0 Å². The molecule has 2 aliphatic heterocycles. The van der Waals surface area contributed by atoms with E-state index in [1.807, 2.05) is 6.07 Å². The maximum absolute atomic E-state index is 6.25. The van der Waals surface area contributed by atoms with Crippen LogP contribution in [0.2, 0.25) is 0 Å². The SMILES string of the molecule is I.NC(=NCC1(c2ccc3c(c2)OCCO3)CCCC1)N1CCOCC1. The lowest BCUT2D eigenvalue weighted by atomic mass is 9.79. The standard InChI is InChI=1S/C19H27N3O3.HI/c20-18(22-7-9-23-10-8-22)21-14-19(5-1-2-6-19)15-3-4-16-17(13-15)25-12-11-24-16;/h3-4,13H,1-2,5-12,14H2,(H2,20,21);1H. The van der Waals surface area contributed by atoms with Crippen molar-refractivity contribution in [2.45, 2.75) is 31.1 Å². The zero-order valence-corrected chi connectivity index (χ0v) is 17.4. The van der Waals surface area contributed by atoms with E-state index in [0.717, 1.165) is 57.2 Å². The molecule has 3 aliphatic rings. The number of morpholine rings is 1. The molecule has 0 unspecified atom stereocenters. The molecule has 4 rings (SSSR count). The molecule has 0 atom stereocenters. The predicted octanol–water partition coefficient (Wildman–Crippen LogP) is 2.53. The van der Waals surface area contributed by atoms with Gasteiger partial charge in [0.15, 0.2) is 17.5 Å². The van der Waals surface area contributed by atoms with Crippen LogP contribution in [0.1, 0.15) is 31.2 Å². The number of hydrogen-bond donors (Lipinski definition) is 1. The Bertz CT molecular complexity index is 641. The van der Waals surface area contributed by atoms with Crippen molar-refractivity contribution < 1.29 is 14.2 Å². The van der Waals surface area contributed by atoms with Crippen LogP contribution in [0.15, 0.2) is 23.2 Å². The van der Waals surface area contributed by atoms with Gasteiger partial charge in [-0.3, -0.25) is 4.99 Å². The summed E-state index contributed by atoms with van der Waals surface area (Å²) in [5, 5.41) is 0. The van der Waals surface area contributed by atoms with Crippen molar-refractivity contribution in [3.05, 3.63) is 23.8 Å². The first-order chi connectivity index (χ1) is 12.3. The van der Waals surface area contributed by atoms with E-state index in [1.54, 1.807) is 0 Å². The Morgan fingerprint density at radius 3 is 2.46 bits per heavy atom. The molecule has 0 spiro atoms. The maximum atomic E-state index is 6.25. The molecular weight excluding hydrogens is 445 g/mol. The van der Waals surface area contributed by atoms with Crippen molar-refractivity contribution in [3.8, 4) is 11.5 Å². The van der Waals surface area contributed by atoms with E-state index in [-0.39, 0.29) is 29.4 Å². The molecule has 7 heteroatoms. The van der Waals surface area contributed by atoms with Gasteiger partial charge < -0.3 is 24.8 Å². The minimum Gasteiger partial charge on any atom is -0.486 e. The van der Waals surface area contributed by atoms with Crippen molar-refractivity contribution in [3.63, 3.8) is 0 Å². The fourth-order valence-corrected chi connectivity index (χ4v) is 4.09. The Labute approximate surface area is 172 Å². The topological polar surface area (TPSA) is 69.3 Å². The second kappa shape index (κ2) is 8.65. The second-order valence-electron chi connectivity index (χ2n) is 7.12. The Hall–Kier alpha value is -1.22. The molecule has 1 saturated carbocycles. The van der Waals surface area contributed by atoms with Gasteiger partial charge in [-0.2, -0.15) is 0 Å². The lowest BCUT2D eigenvalue weighted by Crippen LogP contribution is -2.45. The molecule has 2 fully saturated rings. The van der Waals surface area contributed by atoms with Crippen molar-refractivity contribution >= 4 is 29.9 Å². The summed E-state index contributed by atoms with van der Waals surface area (Å²) in [6.45, 7) is 5.07. The highest BCUT2D eigenvalue weighted by Gasteiger charge is 2.36. The number of fused-ring (bicyclic) bond motifs is 1. The highest BCUT2D eigenvalue weighted by molar-refractivity contribution is 14.0. The minimum absolute atomic E-state index is 0. The minimum atomic E-state index is 0. The van der Waals surface area contributed by atoms with Crippen molar-refractivity contribution in [1.82, 2.24) is 4.90 Å². The number of ether oxygens (including phenoxy) is 3. The molecule has 1 saturated heterocycles. The first kappa shape index (κ1) is 19.5. The van der Waals surface area contributed by atoms with Gasteiger partial charge in [-0.1, -0.05) is 18.9 Å². The highest BCUT2D eigenvalue weighted by Crippen LogP contribution is 2.44. The third kappa shape index (κ3) is 4.03. The zero-order valence-electron chi connectivity index (χ0n) is 15.1. The van der Waals surface area contributed by atoms with Crippen LogP contribution in [-0.2, 0) is 10.2 Å². The number of benzene rings is 1. The smallest absolute Gasteiger partial charge is 0.191 e. The first-order valence-corrected chi connectivity index (χ1v) is 9.30. The number of halogens is 1. The van der Waals surface area contributed by atoms with Gasteiger partial charge in [-0.15, -0.1) is 24.0 Å². The van der Waals surface area contributed by atoms with Gasteiger partial charge in [0.2, 0.25) is 0 Å². The lowest BCUT2D eigenvalue weighted by molar-refractivity contribution is 0.0673. The normalized spacial score (nSPS) is 22.0. The Balaban J connectivity index is 0.00000196. The summed E-state index contributed by atoms with van der Waals surface area (Å²) in [5.41, 5.74) is 7.61. The van der Waals surface area contributed by atoms with Gasteiger partial charge in [0, 0.05) is 18.5 Å². The largest absolute Gasteiger partial charge is 0.486 e. The molecule has 1 aromatic rings. The molecule has 0 amide bonds. The fourth-order valence-electron chi connectivity index (χ4n) is 4.09. The molecular formula is C19H28IN3O3. The first-order valence-electron chi connectivity index (χ1n) is 9.30. The molecule has 6 nitrogen and oxygen atoms in total. The van der Waals surface area contributed by atoms with Gasteiger partial charge >= 0.3 is 0 Å². The number of rotatable bonds is 3. The molecule has 2 heterocycles. The molecule has 144 valence electrons. The lowest BCUT2D eigenvalue weighted by Gasteiger charge is -2.31. The summed E-state index contributed by atoms with van der Waals surface area (Å²) in [7, 11) is 0. The molecule has 1 aliphatic carbocycles. The van der Waals surface area contributed by atoms with Crippen molar-refractivity contribution in [2.24, 2.45) is 10.7 Å². The Morgan fingerprint density at radius 1 is 1.04 bits per heavy atom. The molecule has 0 radical (unpaired) electrons. The van der Waals surface area contributed by atoms with Crippen LogP contribution in [0.3, 0.4) is 0 Å². The average molecular weight is 473 g/mol. The molecule has 26 heavy (non-hydrogen) atoms. The van der Waals surface area contributed by atoms with Crippen LogP contribution < -0.4 is 15.2 Å². The summed E-state index contributed by atoms with van der Waals surface area (Å²) in [6.07, 6.45) is 4.77. The third-order valence-electron chi connectivity index (χ3n) is 5.59. The third-order valence-corrected chi connectivity index (χ3v) is 5.59. The van der Waals surface area contributed by atoms with Crippen molar-refractivity contribution in [2.75, 3.05) is 46.1 Å². The number of nitrogens with zero attached hydrogens (tertiary/aromatic N) is 2. The van der Waals surface area contributed by atoms with Gasteiger partial charge in [-0.25, -0.2) is 0 Å². The highest BCUT2D eigenvalue weighted by atomic mass is 127. The summed E-state index contributed by atoms with van der Waals surface area (Å²) < 4.78 is 16.8. The van der Waals surface area contributed by atoms with E-state index < -0.39 is 0 Å². The van der Waals surface area contributed by atoms with Gasteiger partial charge in [0.1, 0.15) is 13.2 Å². The Morgan fingerprint density at radius 2 is 1.73 bits per heavy atom. The van der Waals surface area contributed by atoms with Crippen LogP contribution in [0.5, 0.6) is 11.5 Å². The van der Waals surface area contributed by atoms with E-state index in [9.17, 15) is 0 Å². The molecule has 1 aromatic carbocycles. The van der Waals surface area contributed by atoms with E-state index in [0.29, 0.717) is 19.2 Å². The summed E-state index contributed by atoms with van der Waals surface area (Å²) in [4.78, 5) is 6.90. The van der Waals surface area contributed by atoms with E-state index in [1.165, 1.54) is 18.4 Å². The predicted molar refractivity (Wildman–Crippen MR) is 112 cm³/mol. The number of aliphatic imine (C=N–C) groups is 1. The Kier molecular flexibility index (Phi) is 6.50. The zero-order chi connectivity index (χ0) is 17.1. The quantitative estimate of drug-likeness (QED) is 0.415. The monoisotopic (exact) mass is 473 g/mol. The number of hydrogen-bond acceptors (Lipinski definition) is 4. The average Bonchev–Trinajstić information content (AvgIpc) is 3.16. The van der Waals surface area contributed by atoms with Crippen molar-refractivity contribution in [1.29, 1.82) is 0 Å². The van der Waals surface area contributed by atoms with Gasteiger partial charge in [0.05, 0.1) is 19.8 Å². The summed E-state index contributed by atoms with van der Waals surface area (Å²) in [5.74, 6) is 2.35. The van der Waals surface area contributed by atoms with E-state index in [4.69, 9.17) is 24.9 Å². The fraction of sp³-hybridized carbons (Fsp3) is 0.632. The van der Waals surface area contributed by atoms with Gasteiger partial charge in [-0.05, 0) is 30.5 Å². The van der Waals surface area contributed by atoms with E-state index in [2.05, 4.69) is 17.0 Å². The molecule has 2 N–H and O–H groups in total.